The first-order chi connectivity index (χ1) is 8.24. The molecule has 1 fully saturated rings. The van der Waals surface area contributed by atoms with Gasteiger partial charge in [0.2, 0.25) is 0 Å². The Kier molecular flexibility index (Phi) is 2.21. The summed E-state index contributed by atoms with van der Waals surface area (Å²) in [6.45, 7) is 3.28. The molecule has 6 nitrogen and oxygen atoms in total. The number of rotatable bonds is 2. The Balaban J connectivity index is 1.64. The average Bonchev–Trinajstić information content (AvgIpc) is 2.86. The van der Waals surface area contributed by atoms with Gasteiger partial charge >= 0.3 is 0 Å². The molecule has 0 aliphatic carbocycles. The van der Waals surface area contributed by atoms with Crippen molar-refractivity contribution in [2.24, 2.45) is 0 Å². The Morgan fingerprint density at radius 3 is 2.94 bits per heavy atom. The number of aromatic amines is 1. The SMILES string of the molecule is Cc1cc(C(=O)N2CC(n3cccn3)C2)n[nH]1. The van der Waals surface area contributed by atoms with Crippen molar-refractivity contribution in [3.05, 3.63) is 35.9 Å². The zero-order valence-corrected chi connectivity index (χ0v) is 9.50. The summed E-state index contributed by atoms with van der Waals surface area (Å²) in [6.07, 6.45) is 3.67. The first-order valence-corrected chi connectivity index (χ1v) is 5.54. The van der Waals surface area contributed by atoms with Crippen molar-refractivity contribution in [1.29, 1.82) is 0 Å². The van der Waals surface area contributed by atoms with E-state index >= 15 is 0 Å². The third-order valence-corrected chi connectivity index (χ3v) is 2.97. The largest absolute Gasteiger partial charge is 0.333 e. The summed E-state index contributed by atoms with van der Waals surface area (Å²) in [7, 11) is 0. The maximum Gasteiger partial charge on any atom is 0.274 e. The van der Waals surface area contributed by atoms with Crippen LogP contribution in [0.25, 0.3) is 0 Å². The maximum atomic E-state index is 12.0. The van der Waals surface area contributed by atoms with Crippen molar-refractivity contribution in [2.75, 3.05) is 13.1 Å². The van der Waals surface area contributed by atoms with Gasteiger partial charge in [-0.2, -0.15) is 10.2 Å². The van der Waals surface area contributed by atoms with E-state index in [9.17, 15) is 4.79 Å². The fourth-order valence-corrected chi connectivity index (χ4v) is 1.97. The minimum absolute atomic E-state index is 0.0160. The summed E-state index contributed by atoms with van der Waals surface area (Å²) >= 11 is 0. The number of nitrogens with one attached hydrogen (secondary N) is 1. The average molecular weight is 231 g/mol. The van der Waals surface area contributed by atoms with Crippen LogP contribution < -0.4 is 0 Å². The monoisotopic (exact) mass is 231 g/mol. The number of aryl methyl sites for hydroxylation is 1. The van der Waals surface area contributed by atoms with Crippen molar-refractivity contribution >= 4 is 5.91 Å². The second-order valence-corrected chi connectivity index (χ2v) is 4.29. The molecule has 1 N–H and O–H groups in total. The van der Waals surface area contributed by atoms with Crippen molar-refractivity contribution in [3.8, 4) is 0 Å². The van der Waals surface area contributed by atoms with Gasteiger partial charge in [-0.15, -0.1) is 0 Å². The van der Waals surface area contributed by atoms with Crippen LogP contribution in [0, 0.1) is 6.92 Å². The van der Waals surface area contributed by atoms with E-state index in [0.717, 1.165) is 5.69 Å². The van der Waals surface area contributed by atoms with Crippen molar-refractivity contribution < 1.29 is 4.79 Å². The lowest BCUT2D eigenvalue weighted by Gasteiger charge is -2.38. The van der Waals surface area contributed by atoms with E-state index in [-0.39, 0.29) is 5.91 Å². The van der Waals surface area contributed by atoms with Crippen LogP contribution in [-0.2, 0) is 0 Å². The Labute approximate surface area is 98.2 Å². The predicted molar refractivity (Wildman–Crippen MR) is 60.5 cm³/mol. The van der Waals surface area contributed by atoms with Crippen LogP contribution in [0.3, 0.4) is 0 Å². The molecule has 0 saturated carbocycles. The highest BCUT2D eigenvalue weighted by Gasteiger charge is 2.33. The zero-order chi connectivity index (χ0) is 11.8. The van der Waals surface area contributed by atoms with E-state index in [1.165, 1.54) is 0 Å². The van der Waals surface area contributed by atoms with Crippen molar-refractivity contribution in [1.82, 2.24) is 24.9 Å². The van der Waals surface area contributed by atoms with Gasteiger partial charge in [-0.1, -0.05) is 0 Å². The molecule has 6 heteroatoms. The van der Waals surface area contributed by atoms with Crippen LogP contribution in [0.2, 0.25) is 0 Å². The van der Waals surface area contributed by atoms with Gasteiger partial charge in [-0.25, -0.2) is 0 Å². The van der Waals surface area contributed by atoms with Gasteiger partial charge in [-0.05, 0) is 19.1 Å². The molecular weight excluding hydrogens is 218 g/mol. The van der Waals surface area contributed by atoms with Gasteiger partial charge in [0.25, 0.3) is 5.91 Å². The molecule has 0 radical (unpaired) electrons. The summed E-state index contributed by atoms with van der Waals surface area (Å²) in [4.78, 5) is 13.7. The molecule has 3 rings (SSSR count). The molecule has 1 aliphatic rings. The molecule has 1 aliphatic heterocycles. The minimum Gasteiger partial charge on any atom is -0.333 e. The van der Waals surface area contributed by atoms with E-state index in [0.29, 0.717) is 24.8 Å². The molecule has 2 aromatic heterocycles. The number of carbonyl (C=O) groups excluding carboxylic acids is 1. The van der Waals surface area contributed by atoms with Gasteiger partial charge in [0.05, 0.1) is 6.04 Å². The number of aromatic nitrogens is 4. The Bertz CT molecular complexity index is 524. The number of H-pyrrole nitrogens is 1. The Morgan fingerprint density at radius 2 is 2.35 bits per heavy atom. The van der Waals surface area contributed by atoms with Crippen LogP contribution in [0.5, 0.6) is 0 Å². The van der Waals surface area contributed by atoms with E-state index < -0.39 is 0 Å². The lowest BCUT2D eigenvalue weighted by Crippen LogP contribution is -2.50. The Hall–Kier alpha value is -2.11. The quantitative estimate of drug-likeness (QED) is 0.823. The second-order valence-electron chi connectivity index (χ2n) is 4.29. The number of carbonyl (C=O) groups is 1. The molecule has 17 heavy (non-hydrogen) atoms. The van der Waals surface area contributed by atoms with Crippen LogP contribution in [-0.4, -0.2) is 43.9 Å². The van der Waals surface area contributed by atoms with Gasteiger partial charge in [0, 0.05) is 31.2 Å². The first kappa shape index (κ1) is 10.1. The summed E-state index contributed by atoms with van der Waals surface area (Å²) in [5.74, 6) is -0.0160. The fraction of sp³-hybridized carbons (Fsp3) is 0.364. The first-order valence-electron chi connectivity index (χ1n) is 5.54. The molecule has 0 aromatic carbocycles. The molecule has 1 saturated heterocycles. The van der Waals surface area contributed by atoms with Gasteiger partial charge in [0.1, 0.15) is 5.69 Å². The minimum atomic E-state index is -0.0160. The van der Waals surface area contributed by atoms with E-state index in [1.54, 1.807) is 17.2 Å². The predicted octanol–water partition coefficient (Wildman–Crippen LogP) is 0.612. The number of nitrogens with zero attached hydrogens (tertiary/aromatic N) is 4. The van der Waals surface area contributed by atoms with E-state index in [1.807, 2.05) is 23.9 Å². The van der Waals surface area contributed by atoms with Gasteiger partial charge in [-0.3, -0.25) is 14.6 Å². The number of hydrogen-bond acceptors (Lipinski definition) is 3. The molecular formula is C11H13N5O. The second kappa shape index (κ2) is 3.73. The summed E-state index contributed by atoms with van der Waals surface area (Å²) in [6, 6.07) is 3.96. The smallest absolute Gasteiger partial charge is 0.274 e. The van der Waals surface area contributed by atoms with E-state index in [2.05, 4.69) is 15.3 Å². The molecule has 88 valence electrons. The number of amides is 1. The third kappa shape index (κ3) is 1.71. The Morgan fingerprint density at radius 1 is 1.53 bits per heavy atom. The highest BCUT2D eigenvalue weighted by molar-refractivity contribution is 5.92. The molecule has 0 spiro atoms. The lowest BCUT2D eigenvalue weighted by atomic mass is 10.1. The van der Waals surface area contributed by atoms with Gasteiger partial charge in [0.15, 0.2) is 0 Å². The topological polar surface area (TPSA) is 66.8 Å². The normalized spacial score (nSPS) is 15.9. The lowest BCUT2D eigenvalue weighted by molar-refractivity contribution is 0.0495. The summed E-state index contributed by atoms with van der Waals surface area (Å²) in [5.41, 5.74) is 1.39. The molecule has 0 unspecified atom stereocenters. The third-order valence-electron chi connectivity index (χ3n) is 2.97. The highest BCUT2D eigenvalue weighted by atomic mass is 16.2. The summed E-state index contributed by atoms with van der Waals surface area (Å²) in [5, 5.41) is 10.9. The number of likely N-dealkylation sites (tertiary alicyclic amines) is 1. The van der Waals surface area contributed by atoms with Crippen molar-refractivity contribution in [2.45, 2.75) is 13.0 Å². The van der Waals surface area contributed by atoms with Crippen LogP contribution >= 0.6 is 0 Å². The molecule has 3 heterocycles. The van der Waals surface area contributed by atoms with E-state index in [4.69, 9.17) is 0 Å². The van der Waals surface area contributed by atoms with Crippen molar-refractivity contribution in [3.63, 3.8) is 0 Å². The highest BCUT2D eigenvalue weighted by Crippen LogP contribution is 2.21. The van der Waals surface area contributed by atoms with Gasteiger partial charge < -0.3 is 4.90 Å². The molecule has 1 amide bonds. The van der Waals surface area contributed by atoms with Crippen LogP contribution in [0.15, 0.2) is 24.5 Å². The standard InChI is InChI=1S/C11H13N5O/c1-8-5-10(14-13-8)11(17)15-6-9(7-15)16-4-2-3-12-16/h2-5,9H,6-7H2,1H3,(H,13,14). The maximum absolute atomic E-state index is 12.0. The summed E-state index contributed by atoms with van der Waals surface area (Å²) < 4.78 is 1.89. The van der Waals surface area contributed by atoms with Crippen LogP contribution in [0.4, 0.5) is 0 Å². The number of hydrogen-bond donors (Lipinski definition) is 1. The molecule has 2 aromatic rings. The molecule has 0 atom stereocenters. The fourth-order valence-electron chi connectivity index (χ4n) is 1.97. The van der Waals surface area contributed by atoms with Crippen LogP contribution in [0.1, 0.15) is 22.2 Å². The molecule has 0 bridgehead atoms. The zero-order valence-electron chi connectivity index (χ0n) is 9.50.